The molecule has 0 radical (unpaired) electrons. The topological polar surface area (TPSA) is 154 Å². The molecular weight excluding hydrogens is 640 g/mol. The van der Waals surface area contributed by atoms with E-state index in [1.165, 1.54) is 12.0 Å². The Hall–Kier alpha value is -3.46. The number of hydrogen-bond donors (Lipinski definition) is 4. The van der Waals surface area contributed by atoms with Crippen molar-refractivity contribution in [2.75, 3.05) is 6.61 Å². The van der Waals surface area contributed by atoms with Crippen LogP contribution < -0.4 is 22.1 Å². The van der Waals surface area contributed by atoms with Gasteiger partial charge in [-0.2, -0.15) is 0 Å². The second kappa shape index (κ2) is 17.8. The van der Waals surface area contributed by atoms with Crippen LogP contribution in [0.4, 0.5) is 4.79 Å². The van der Waals surface area contributed by atoms with Crippen molar-refractivity contribution in [3.8, 4) is 0 Å². The van der Waals surface area contributed by atoms with E-state index in [1.54, 1.807) is 0 Å². The summed E-state index contributed by atoms with van der Waals surface area (Å²) in [7, 11) is 0. The Morgan fingerprint density at radius 3 is 2.12 bits per heavy atom. The molecule has 3 unspecified atom stereocenters. The zero-order valence-corrected chi connectivity index (χ0v) is 32.4. The summed E-state index contributed by atoms with van der Waals surface area (Å²) in [4.78, 5) is 48.3. The Bertz CT molecular complexity index is 1390. The molecule has 5 atom stereocenters. The molecule has 3 amide bonds. The van der Waals surface area contributed by atoms with E-state index in [9.17, 15) is 19.2 Å². The van der Waals surface area contributed by atoms with E-state index in [4.69, 9.17) is 16.2 Å². The number of amides is 3. The van der Waals surface area contributed by atoms with Gasteiger partial charge in [0.25, 0.3) is 5.91 Å². The largest absolute Gasteiger partial charge is 0.491 e. The van der Waals surface area contributed by atoms with Crippen LogP contribution in [0, 0.1) is 34.5 Å². The fraction of sp³-hybridized carbons (Fsp3) is 0.667. The number of carbonyl (C=O) groups excluding carboxylic acids is 4. The van der Waals surface area contributed by atoms with Crippen LogP contribution >= 0.6 is 0 Å². The molecule has 1 aromatic rings. The third-order valence-corrected chi connectivity index (χ3v) is 11.8. The lowest BCUT2D eigenvalue weighted by atomic mass is 9.80. The molecule has 1 aromatic carbocycles. The molecule has 0 spiro atoms. The summed E-state index contributed by atoms with van der Waals surface area (Å²) >= 11 is 0. The molecule has 3 aliphatic rings. The minimum atomic E-state index is -0.915. The highest BCUT2D eigenvalue weighted by atomic mass is 16.5. The molecule has 9 nitrogen and oxygen atoms in total. The fourth-order valence-corrected chi connectivity index (χ4v) is 8.11. The van der Waals surface area contributed by atoms with Gasteiger partial charge in [0, 0.05) is 12.0 Å². The number of rotatable bonds is 16. The number of urea groups is 1. The number of allylic oxidation sites excluding steroid dienone is 1. The van der Waals surface area contributed by atoms with E-state index in [0.717, 1.165) is 56.9 Å². The summed E-state index contributed by atoms with van der Waals surface area (Å²) in [6, 6.07) is 8.30. The van der Waals surface area contributed by atoms with Crippen LogP contribution in [0.5, 0.6) is 0 Å². The van der Waals surface area contributed by atoms with E-state index in [-0.39, 0.29) is 17.2 Å². The van der Waals surface area contributed by atoms with E-state index in [2.05, 4.69) is 51.5 Å². The maximum absolute atomic E-state index is 13.5. The highest BCUT2D eigenvalue weighted by Gasteiger charge is 2.59. The zero-order chi connectivity index (χ0) is 38.1. The van der Waals surface area contributed by atoms with Gasteiger partial charge in [0.15, 0.2) is 5.78 Å². The van der Waals surface area contributed by atoms with Gasteiger partial charge in [-0.1, -0.05) is 129 Å². The normalized spacial score (nSPS) is 22.4. The van der Waals surface area contributed by atoms with Crippen molar-refractivity contribution >= 4 is 29.3 Å². The number of ether oxygens (including phenoxy) is 1. The summed E-state index contributed by atoms with van der Waals surface area (Å²) in [5.41, 5.74) is 11.8. The van der Waals surface area contributed by atoms with Crippen molar-refractivity contribution in [2.24, 2.45) is 46.0 Å². The van der Waals surface area contributed by atoms with Crippen LogP contribution in [-0.2, 0) is 19.1 Å². The van der Waals surface area contributed by atoms with Gasteiger partial charge in [-0.3, -0.25) is 14.4 Å². The molecule has 0 aromatic heterocycles. The molecule has 0 bridgehead atoms. The highest BCUT2D eigenvalue weighted by molar-refractivity contribution is 6.37. The maximum atomic E-state index is 13.5. The van der Waals surface area contributed by atoms with Gasteiger partial charge in [0.2, 0.25) is 5.78 Å². The van der Waals surface area contributed by atoms with Crippen LogP contribution in [0.15, 0.2) is 49.1 Å². The lowest BCUT2D eigenvalue weighted by Crippen LogP contribution is -2.60. The molecule has 9 heteroatoms. The highest BCUT2D eigenvalue weighted by Crippen LogP contribution is 2.64. The average molecular weight is 707 g/mol. The molecule has 3 aliphatic carbocycles. The van der Waals surface area contributed by atoms with Crippen LogP contribution in [0.1, 0.15) is 125 Å². The standard InChI is InChI=1S/C34H52N2O3.C8H14N2O2/c1-23(2)24(3)29-27(33(29,8)9)18-19-28(37)30(32(5,6)7)35-31(38)36-34(20-14-11-15-21-34)22-39-25(4)26-16-12-10-13-17-26;9-6(7(11)8(10)12)4-5-2-1-3-5/h10,12-13,16-17,24,27,29-30H,1,4,11,14-15,18-22H2,2-3,5-9H3,(H2,35,36,38);5-6H,1-4,9H2,(H2,10,12)/t24?,27-,29+,30?;/m0./s1. The van der Waals surface area contributed by atoms with Crippen molar-refractivity contribution < 1.29 is 23.9 Å². The van der Waals surface area contributed by atoms with Gasteiger partial charge >= 0.3 is 6.03 Å². The van der Waals surface area contributed by atoms with Crippen molar-refractivity contribution in [3.05, 3.63) is 54.6 Å². The number of nitrogens with two attached hydrogens (primary N) is 2. The summed E-state index contributed by atoms with van der Waals surface area (Å²) < 4.78 is 6.12. The second-order valence-corrected chi connectivity index (χ2v) is 17.3. The minimum absolute atomic E-state index is 0.105. The molecule has 284 valence electrons. The quantitative estimate of drug-likeness (QED) is 0.0794. The summed E-state index contributed by atoms with van der Waals surface area (Å²) in [5.74, 6) is 1.20. The molecule has 51 heavy (non-hydrogen) atoms. The minimum Gasteiger partial charge on any atom is -0.491 e. The summed E-state index contributed by atoms with van der Waals surface area (Å²) in [6.45, 7) is 23.6. The third-order valence-electron chi connectivity index (χ3n) is 11.8. The van der Waals surface area contributed by atoms with Crippen molar-refractivity contribution in [2.45, 2.75) is 137 Å². The number of primary amides is 1. The Balaban J connectivity index is 0.000000493. The Morgan fingerprint density at radius 2 is 1.61 bits per heavy atom. The first-order chi connectivity index (χ1) is 23.8. The first-order valence-electron chi connectivity index (χ1n) is 19.0. The predicted molar refractivity (Wildman–Crippen MR) is 205 cm³/mol. The van der Waals surface area contributed by atoms with Crippen LogP contribution in [0.3, 0.4) is 0 Å². The lowest BCUT2D eigenvalue weighted by molar-refractivity contribution is -0.137. The number of Topliss-reactive ketones (excluding diaryl/α,β-unsaturated/α-hetero) is 2. The van der Waals surface area contributed by atoms with E-state index < -0.39 is 34.7 Å². The zero-order valence-electron chi connectivity index (χ0n) is 32.4. The predicted octanol–water partition coefficient (Wildman–Crippen LogP) is 7.48. The SMILES string of the molecule is C=C(OCC1(NC(=O)NC(C(=O)CC[C@H]2[C@@H](C(C)C(=C)C)C2(C)C)C(C)(C)C)CCCCC1)c1ccccc1.NC(=O)C(=O)C(N)CC1CCC1. The van der Waals surface area contributed by atoms with E-state index >= 15 is 0 Å². The van der Waals surface area contributed by atoms with Gasteiger partial charge in [-0.05, 0) is 67.1 Å². The number of ketones is 2. The van der Waals surface area contributed by atoms with Gasteiger partial charge in [0.1, 0.15) is 12.4 Å². The number of benzene rings is 1. The number of nitrogens with one attached hydrogen (secondary N) is 2. The molecule has 4 rings (SSSR count). The van der Waals surface area contributed by atoms with Gasteiger partial charge < -0.3 is 26.8 Å². The summed E-state index contributed by atoms with van der Waals surface area (Å²) in [6.07, 6.45) is 10.3. The molecule has 3 saturated carbocycles. The Kier molecular flexibility index (Phi) is 14.7. The fourth-order valence-electron chi connectivity index (χ4n) is 8.11. The number of hydrogen-bond acceptors (Lipinski definition) is 6. The van der Waals surface area contributed by atoms with Crippen molar-refractivity contribution in [3.63, 3.8) is 0 Å². The first kappa shape index (κ1) is 42.0. The van der Waals surface area contributed by atoms with E-state index in [1.807, 2.05) is 51.1 Å². The monoisotopic (exact) mass is 707 g/mol. The number of carbonyl (C=O) groups is 4. The van der Waals surface area contributed by atoms with Crippen molar-refractivity contribution in [1.82, 2.24) is 10.6 Å². The van der Waals surface area contributed by atoms with Crippen LogP contribution in [0.2, 0.25) is 0 Å². The van der Waals surface area contributed by atoms with Crippen LogP contribution in [0.25, 0.3) is 5.76 Å². The molecule has 6 N–H and O–H groups in total. The average Bonchev–Trinajstić information content (AvgIpc) is 3.61. The summed E-state index contributed by atoms with van der Waals surface area (Å²) in [5, 5.41) is 6.32. The first-order valence-corrected chi connectivity index (χ1v) is 19.0. The Morgan fingerprint density at radius 1 is 1.00 bits per heavy atom. The lowest BCUT2D eigenvalue weighted by Gasteiger charge is -2.39. The molecule has 0 saturated heterocycles. The van der Waals surface area contributed by atoms with Crippen LogP contribution in [-0.4, -0.2) is 47.7 Å². The van der Waals surface area contributed by atoms with Gasteiger partial charge in [0.05, 0.1) is 17.6 Å². The molecular formula is C42H66N4O5. The van der Waals surface area contributed by atoms with Crippen molar-refractivity contribution in [1.29, 1.82) is 0 Å². The second-order valence-electron chi connectivity index (χ2n) is 17.3. The molecule has 3 fully saturated rings. The van der Waals surface area contributed by atoms with Gasteiger partial charge in [-0.15, -0.1) is 0 Å². The molecule has 0 aliphatic heterocycles. The third kappa shape index (κ3) is 11.8. The van der Waals surface area contributed by atoms with Gasteiger partial charge in [-0.25, -0.2) is 4.79 Å². The Labute approximate surface area is 307 Å². The molecule has 0 heterocycles. The van der Waals surface area contributed by atoms with E-state index in [0.29, 0.717) is 48.9 Å². The smallest absolute Gasteiger partial charge is 0.315 e. The maximum Gasteiger partial charge on any atom is 0.315 e.